The number of hydrogen-bond acceptors (Lipinski definition) is 15. The Balaban J connectivity index is 5.34. The van der Waals surface area contributed by atoms with Gasteiger partial charge in [0.2, 0.25) is 0 Å². The van der Waals surface area contributed by atoms with Crippen molar-refractivity contribution < 1.29 is 80.2 Å². The molecule has 0 heterocycles. The second-order valence-electron chi connectivity index (χ2n) is 27.0. The predicted molar refractivity (Wildman–Crippen MR) is 409 cm³/mol. The minimum Gasteiger partial charge on any atom is -0.462 e. The Bertz CT molecular complexity index is 2180. The van der Waals surface area contributed by atoms with Gasteiger partial charge in [0.05, 0.1) is 26.4 Å². The molecule has 0 saturated heterocycles. The SMILES string of the molecule is CCCCC/C=C\C/C=C\C/C=C\CCCCCCCCC(=O)OCC(COP(=O)(O)OCC(O)COP(=O)(O)OCC(COC(=O)CCCCCCC/C=C\CCCCCC)OC(=O)CCCCCCCCCCCCCCC)OC(=O)CCCCCCC/C=C\C/C=C\CCCCC. The van der Waals surface area contributed by atoms with E-state index in [-0.39, 0.29) is 25.7 Å². The molecule has 100 heavy (non-hydrogen) atoms. The van der Waals surface area contributed by atoms with Crippen molar-refractivity contribution in [3.8, 4) is 0 Å². The summed E-state index contributed by atoms with van der Waals surface area (Å²) in [6.45, 7) is 4.82. The van der Waals surface area contributed by atoms with Gasteiger partial charge in [-0.25, -0.2) is 9.13 Å². The molecule has 0 aliphatic carbocycles. The van der Waals surface area contributed by atoms with Crippen LogP contribution in [0.5, 0.6) is 0 Å². The standard InChI is InChI=1S/C81H146O17P2/c1-5-9-13-17-21-25-29-33-35-36-37-38-40-43-46-50-54-58-62-66-79(84)92-72-77(98-81(86)68-64-60-56-52-48-44-39-34-30-26-22-18-14-10-6-2)74-96-100(89,90)94-70-75(82)69-93-99(87,88)95-73-76(97-80(85)67-63-59-55-51-47-42-32-28-24-20-16-12-8-4)71-91-78(83)65-61-57-53-49-45-41-31-27-23-19-15-11-7-3/h21-22,25-27,31,33-35,37-39,75-77,82H,5-20,23-24,28-30,32,36,40-74H2,1-4H3,(H,87,88)(H,89,90)/b25-21-,26-22-,31-27-,35-33-,38-37-,39-34-. The number of phosphoric ester groups is 2. The maximum Gasteiger partial charge on any atom is 0.472 e. The van der Waals surface area contributed by atoms with Gasteiger partial charge in [-0.1, -0.05) is 287 Å². The smallest absolute Gasteiger partial charge is 0.462 e. The second-order valence-corrected chi connectivity index (χ2v) is 29.9. The lowest BCUT2D eigenvalue weighted by Gasteiger charge is -2.21. The molecule has 5 unspecified atom stereocenters. The van der Waals surface area contributed by atoms with Crippen LogP contribution in [0.25, 0.3) is 0 Å². The number of hydrogen-bond donors (Lipinski definition) is 3. The molecule has 0 saturated carbocycles. The minimum atomic E-state index is -4.98. The number of allylic oxidation sites excluding steroid dienone is 12. The molecule has 0 aliphatic heterocycles. The number of unbranched alkanes of at least 4 members (excludes halogenated alkanes) is 38. The van der Waals surface area contributed by atoms with Crippen molar-refractivity contribution in [1.82, 2.24) is 0 Å². The number of rotatable bonds is 76. The molecule has 582 valence electrons. The largest absolute Gasteiger partial charge is 0.472 e. The Morgan fingerprint density at radius 1 is 0.280 bits per heavy atom. The van der Waals surface area contributed by atoms with Crippen LogP contribution in [0, 0.1) is 0 Å². The maximum atomic E-state index is 13.1. The molecule has 0 rings (SSSR count). The molecule has 0 amide bonds. The first-order valence-corrected chi connectivity index (χ1v) is 43.2. The molecule has 0 aromatic rings. The van der Waals surface area contributed by atoms with Gasteiger partial charge in [0, 0.05) is 25.7 Å². The highest BCUT2D eigenvalue weighted by atomic mass is 31.2. The van der Waals surface area contributed by atoms with Crippen molar-refractivity contribution >= 4 is 39.5 Å². The normalized spacial score (nSPS) is 14.3. The second kappa shape index (κ2) is 73.8. The third kappa shape index (κ3) is 72.8. The van der Waals surface area contributed by atoms with Crippen LogP contribution in [0.1, 0.15) is 362 Å². The summed E-state index contributed by atoms with van der Waals surface area (Å²) in [5.74, 6) is -2.18. The zero-order chi connectivity index (χ0) is 73.2. The highest BCUT2D eigenvalue weighted by Crippen LogP contribution is 2.45. The van der Waals surface area contributed by atoms with Crippen LogP contribution in [0.3, 0.4) is 0 Å². The minimum absolute atomic E-state index is 0.0782. The quantitative estimate of drug-likeness (QED) is 0.0169. The van der Waals surface area contributed by atoms with Crippen molar-refractivity contribution in [2.75, 3.05) is 39.6 Å². The first kappa shape index (κ1) is 96.5. The van der Waals surface area contributed by atoms with E-state index in [9.17, 15) is 43.2 Å². The summed E-state index contributed by atoms with van der Waals surface area (Å²) in [5, 5.41) is 10.6. The molecule has 0 fully saturated rings. The number of esters is 4. The van der Waals surface area contributed by atoms with Crippen molar-refractivity contribution in [2.45, 2.75) is 380 Å². The highest BCUT2D eigenvalue weighted by molar-refractivity contribution is 7.47. The zero-order valence-electron chi connectivity index (χ0n) is 63.6. The van der Waals surface area contributed by atoms with Crippen LogP contribution in [-0.4, -0.2) is 96.7 Å². The molecule has 0 bridgehead atoms. The summed E-state index contributed by atoms with van der Waals surface area (Å²) >= 11 is 0. The van der Waals surface area contributed by atoms with E-state index in [1.807, 2.05) is 0 Å². The average molecular weight is 1450 g/mol. The predicted octanol–water partition coefficient (Wildman–Crippen LogP) is 23.2. The Kier molecular flexibility index (Phi) is 71.2. The number of carbonyl (C=O) groups excluding carboxylic acids is 4. The van der Waals surface area contributed by atoms with Crippen molar-refractivity contribution in [2.24, 2.45) is 0 Å². The number of phosphoric acid groups is 2. The Morgan fingerprint density at radius 3 is 0.790 bits per heavy atom. The van der Waals surface area contributed by atoms with Gasteiger partial charge in [0.15, 0.2) is 12.2 Å². The van der Waals surface area contributed by atoms with Crippen LogP contribution in [0.2, 0.25) is 0 Å². The molecule has 17 nitrogen and oxygen atoms in total. The zero-order valence-corrected chi connectivity index (χ0v) is 65.4. The fraction of sp³-hybridized carbons (Fsp3) is 0.802. The molecule has 0 radical (unpaired) electrons. The van der Waals surface area contributed by atoms with E-state index in [0.717, 1.165) is 167 Å². The van der Waals surface area contributed by atoms with E-state index < -0.39 is 97.5 Å². The third-order valence-electron chi connectivity index (χ3n) is 17.1. The number of aliphatic hydroxyl groups excluding tert-OH is 1. The fourth-order valence-electron chi connectivity index (χ4n) is 11.0. The Labute approximate surface area is 609 Å². The van der Waals surface area contributed by atoms with Gasteiger partial charge >= 0.3 is 39.5 Å². The molecular weight excluding hydrogens is 1310 g/mol. The summed E-state index contributed by atoms with van der Waals surface area (Å²) in [6.07, 6.45) is 74.4. The van der Waals surface area contributed by atoms with Crippen LogP contribution in [-0.2, 0) is 65.4 Å². The van der Waals surface area contributed by atoms with E-state index in [2.05, 4.69) is 101 Å². The average Bonchev–Trinajstić information content (AvgIpc) is 0.946. The molecule has 0 aliphatic rings. The lowest BCUT2D eigenvalue weighted by molar-refractivity contribution is -0.161. The van der Waals surface area contributed by atoms with E-state index in [0.29, 0.717) is 25.7 Å². The summed E-state index contributed by atoms with van der Waals surface area (Å²) in [6, 6.07) is 0. The van der Waals surface area contributed by atoms with Gasteiger partial charge in [0.25, 0.3) is 0 Å². The van der Waals surface area contributed by atoms with Crippen molar-refractivity contribution in [1.29, 1.82) is 0 Å². The number of carbonyl (C=O) groups is 4. The van der Waals surface area contributed by atoms with E-state index >= 15 is 0 Å². The van der Waals surface area contributed by atoms with E-state index in [1.165, 1.54) is 116 Å². The van der Waals surface area contributed by atoms with Crippen LogP contribution in [0.15, 0.2) is 72.9 Å². The van der Waals surface area contributed by atoms with Gasteiger partial charge < -0.3 is 33.8 Å². The molecule has 5 atom stereocenters. The molecule has 19 heteroatoms. The van der Waals surface area contributed by atoms with E-state index in [4.69, 9.17) is 37.0 Å². The molecule has 0 aromatic heterocycles. The molecule has 3 N–H and O–H groups in total. The van der Waals surface area contributed by atoms with Gasteiger partial charge in [-0.15, -0.1) is 0 Å². The van der Waals surface area contributed by atoms with Gasteiger partial charge in [-0.2, -0.15) is 0 Å². The molecule has 0 spiro atoms. The van der Waals surface area contributed by atoms with Crippen LogP contribution in [0.4, 0.5) is 0 Å². The topological polar surface area (TPSA) is 237 Å². The van der Waals surface area contributed by atoms with Crippen LogP contribution >= 0.6 is 15.6 Å². The summed E-state index contributed by atoms with van der Waals surface area (Å²) < 4.78 is 68.6. The summed E-state index contributed by atoms with van der Waals surface area (Å²) in [5.41, 5.74) is 0. The summed E-state index contributed by atoms with van der Waals surface area (Å²) in [7, 11) is -9.95. The monoisotopic (exact) mass is 1450 g/mol. The van der Waals surface area contributed by atoms with Gasteiger partial charge in [-0.3, -0.25) is 37.3 Å². The van der Waals surface area contributed by atoms with Gasteiger partial charge in [0.1, 0.15) is 19.3 Å². The third-order valence-corrected chi connectivity index (χ3v) is 19.0. The molecular formula is C81H146O17P2. The number of aliphatic hydroxyl groups is 1. The Morgan fingerprint density at radius 2 is 0.490 bits per heavy atom. The van der Waals surface area contributed by atoms with Gasteiger partial charge in [-0.05, 0) is 122 Å². The first-order valence-electron chi connectivity index (χ1n) is 40.2. The fourth-order valence-corrected chi connectivity index (χ4v) is 12.5. The first-order chi connectivity index (χ1) is 48.7. The lowest BCUT2D eigenvalue weighted by atomic mass is 10.0. The summed E-state index contributed by atoms with van der Waals surface area (Å²) in [4.78, 5) is 73.0. The molecule has 0 aromatic carbocycles. The van der Waals surface area contributed by atoms with Crippen LogP contribution < -0.4 is 0 Å². The van der Waals surface area contributed by atoms with Crippen molar-refractivity contribution in [3.05, 3.63) is 72.9 Å². The van der Waals surface area contributed by atoms with Crippen molar-refractivity contribution in [3.63, 3.8) is 0 Å². The van der Waals surface area contributed by atoms with E-state index in [1.54, 1.807) is 0 Å². The maximum absolute atomic E-state index is 13.1. The lowest BCUT2D eigenvalue weighted by Crippen LogP contribution is -2.30. The number of ether oxygens (including phenoxy) is 4. The Hall–Kier alpha value is -3.50. The highest BCUT2D eigenvalue weighted by Gasteiger charge is 2.30.